The van der Waals surface area contributed by atoms with Gasteiger partial charge in [0.15, 0.2) is 0 Å². The van der Waals surface area contributed by atoms with Crippen molar-refractivity contribution in [2.45, 2.75) is 0 Å². The summed E-state index contributed by atoms with van der Waals surface area (Å²) in [7, 11) is 0. The standard InChI is InChI=1S/C15H9O2/c16-15-10-13(11-6-2-1-3-7-11)12-8-4-5-9-14(12)17-15/h1-9H. The number of fused-ring (bicyclic) bond motifs is 1. The van der Waals surface area contributed by atoms with Gasteiger partial charge in [-0.15, -0.1) is 0 Å². The molecule has 2 nitrogen and oxygen atoms in total. The van der Waals surface area contributed by atoms with E-state index in [4.69, 9.17) is 4.42 Å². The Balaban J connectivity index is 2.40. The van der Waals surface area contributed by atoms with Gasteiger partial charge in [-0.2, -0.15) is 0 Å². The Kier molecular flexibility index (Phi) is 2.26. The molecule has 0 saturated carbocycles. The molecular formula is C15H9O2. The fourth-order valence-electron chi connectivity index (χ4n) is 1.89. The zero-order valence-corrected chi connectivity index (χ0v) is 9.01. The molecule has 3 rings (SSSR count). The van der Waals surface area contributed by atoms with E-state index < -0.39 is 5.63 Å². The number of para-hydroxylation sites is 1. The third-order valence-corrected chi connectivity index (χ3v) is 2.65. The van der Waals surface area contributed by atoms with Gasteiger partial charge >= 0.3 is 5.63 Å². The van der Waals surface area contributed by atoms with E-state index in [2.05, 4.69) is 6.07 Å². The van der Waals surface area contributed by atoms with E-state index >= 15 is 0 Å². The van der Waals surface area contributed by atoms with Crippen LogP contribution in [0.4, 0.5) is 0 Å². The zero-order valence-electron chi connectivity index (χ0n) is 9.01. The molecule has 0 saturated heterocycles. The Hall–Kier alpha value is -2.35. The quantitative estimate of drug-likeness (QED) is 0.590. The highest BCUT2D eigenvalue weighted by molar-refractivity contribution is 5.92. The van der Waals surface area contributed by atoms with Crippen LogP contribution in [0.3, 0.4) is 0 Å². The minimum Gasteiger partial charge on any atom is -0.422 e. The number of hydrogen-bond donors (Lipinski definition) is 0. The first-order valence-corrected chi connectivity index (χ1v) is 5.35. The second kappa shape index (κ2) is 3.91. The van der Waals surface area contributed by atoms with Crippen LogP contribution in [0.1, 0.15) is 0 Å². The topological polar surface area (TPSA) is 30.2 Å². The molecule has 0 bridgehead atoms. The molecule has 0 unspecified atom stereocenters. The second-order valence-electron chi connectivity index (χ2n) is 3.75. The molecule has 0 N–H and O–H groups in total. The highest BCUT2D eigenvalue weighted by Gasteiger charge is 2.06. The number of benzene rings is 2. The van der Waals surface area contributed by atoms with E-state index in [1.54, 1.807) is 6.07 Å². The van der Waals surface area contributed by atoms with Gasteiger partial charge in [0.1, 0.15) is 5.58 Å². The van der Waals surface area contributed by atoms with Crippen LogP contribution in [-0.2, 0) is 0 Å². The molecule has 1 heterocycles. The smallest absolute Gasteiger partial charge is 0.345 e. The number of rotatable bonds is 1. The van der Waals surface area contributed by atoms with Crippen molar-refractivity contribution in [1.29, 1.82) is 0 Å². The fraction of sp³-hybridized carbons (Fsp3) is 0. The van der Waals surface area contributed by atoms with Crippen LogP contribution < -0.4 is 5.63 Å². The van der Waals surface area contributed by atoms with Gasteiger partial charge in [0.2, 0.25) is 0 Å². The van der Waals surface area contributed by atoms with E-state index in [-0.39, 0.29) is 0 Å². The molecule has 0 fully saturated rings. The van der Waals surface area contributed by atoms with Crippen LogP contribution in [-0.4, -0.2) is 0 Å². The monoisotopic (exact) mass is 221 g/mol. The summed E-state index contributed by atoms with van der Waals surface area (Å²) in [6.07, 6.45) is 0. The van der Waals surface area contributed by atoms with Crippen molar-refractivity contribution in [2.24, 2.45) is 0 Å². The third kappa shape index (κ3) is 1.74. The van der Waals surface area contributed by atoms with Crippen molar-refractivity contribution in [3.8, 4) is 11.1 Å². The molecule has 0 amide bonds. The van der Waals surface area contributed by atoms with Crippen LogP contribution in [0.15, 0.2) is 63.8 Å². The highest BCUT2D eigenvalue weighted by Crippen LogP contribution is 2.26. The maximum Gasteiger partial charge on any atom is 0.345 e. The molecule has 2 aromatic carbocycles. The van der Waals surface area contributed by atoms with Crippen molar-refractivity contribution >= 4 is 11.0 Å². The van der Waals surface area contributed by atoms with Gasteiger partial charge in [-0.3, -0.25) is 0 Å². The molecule has 0 aliphatic heterocycles. The highest BCUT2D eigenvalue weighted by atomic mass is 16.4. The van der Waals surface area contributed by atoms with Crippen LogP contribution in [0.5, 0.6) is 0 Å². The van der Waals surface area contributed by atoms with Gasteiger partial charge < -0.3 is 4.42 Å². The molecule has 3 aromatic rings. The normalized spacial score (nSPS) is 10.6. The summed E-state index contributed by atoms with van der Waals surface area (Å²) in [5, 5.41) is 0.901. The summed E-state index contributed by atoms with van der Waals surface area (Å²) in [6.45, 7) is 0. The van der Waals surface area contributed by atoms with Crippen molar-refractivity contribution < 1.29 is 4.42 Å². The fourth-order valence-corrected chi connectivity index (χ4v) is 1.89. The molecular weight excluding hydrogens is 212 g/mol. The van der Waals surface area contributed by atoms with Gasteiger partial charge in [-0.25, -0.2) is 4.79 Å². The number of hydrogen-bond acceptors (Lipinski definition) is 2. The SMILES string of the molecule is O=c1[c]c(-c2ccccc2)c2ccccc2o1. The third-order valence-electron chi connectivity index (χ3n) is 2.65. The maximum atomic E-state index is 11.5. The summed E-state index contributed by atoms with van der Waals surface area (Å²) in [5.74, 6) is 0. The molecule has 1 radical (unpaired) electrons. The first-order valence-electron chi connectivity index (χ1n) is 5.35. The average Bonchev–Trinajstić information content (AvgIpc) is 2.39. The van der Waals surface area contributed by atoms with Gasteiger partial charge in [0, 0.05) is 10.9 Å². The Morgan fingerprint density at radius 1 is 0.882 bits per heavy atom. The van der Waals surface area contributed by atoms with E-state index in [1.807, 2.05) is 48.5 Å². The first kappa shape index (κ1) is 9.85. The maximum absolute atomic E-state index is 11.5. The van der Waals surface area contributed by atoms with Gasteiger partial charge in [-0.1, -0.05) is 48.5 Å². The van der Waals surface area contributed by atoms with Crippen molar-refractivity contribution in [2.75, 3.05) is 0 Å². The van der Waals surface area contributed by atoms with Crippen LogP contribution in [0, 0.1) is 6.07 Å². The average molecular weight is 221 g/mol. The first-order chi connectivity index (χ1) is 8.34. The zero-order chi connectivity index (χ0) is 11.7. The minimum atomic E-state index is -0.442. The lowest BCUT2D eigenvalue weighted by Gasteiger charge is -2.04. The van der Waals surface area contributed by atoms with Crippen LogP contribution in [0.2, 0.25) is 0 Å². The predicted molar refractivity (Wildman–Crippen MR) is 66.8 cm³/mol. The lowest BCUT2D eigenvalue weighted by Crippen LogP contribution is -1.98. The Morgan fingerprint density at radius 3 is 2.41 bits per heavy atom. The summed E-state index contributed by atoms with van der Waals surface area (Å²) in [6, 6.07) is 20.0. The van der Waals surface area contributed by atoms with Crippen molar-refractivity contribution in [3.63, 3.8) is 0 Å². The van der Waals surface area contributed by atoms with E-state index in [1.165, 1.54) is 0 Å². The molecule has 81 valence electrons. The Labute approximate surface area is 98.1 Å². The van der Waals surface area contributed by atoms with Gasteiger partial charge in [0.05, 0.1) is 6.07 Å². The summed E-state index contributed by atoms with van der Waals surface area (Å²) >= 11 is 0. The van der Waals surface area contributed by atoms with Crippen LogP contribution >= 0.6 is 0 Å². The second-order valence-corrected chi connectivity index (χ2v) is 3.75. The van der Waals surface area contributed by atoms with Crippen LogP contribution in [0.25, 0.3) is 22.1 Å². The lowest BCUT2D eigenvalue weighted by molar-refractivity contribution is 0.560. The Bertz CT molecular complexity index is 712. The molecule has 1 aromatic heterocycles. The van der Waals surface area contributed by atoms with Crippen molar-refractivity contribution in [3.05, 3.63) is 71.1 Å². The van der Waals surface area contributed by atoms with E-state index in [0.717, 1.165) is 16.5 Å². The summed E-state index contributed by atoms with van der Waals surface area (Å²) in [5.41, 5.74) is 1.91. The lowest BCUT2D eigenvalue weighted by atomic mass is 10.0. The van der Waals surface area contributed by atoms with Crippen molar-refractivity contribution in [1.82, 2.24) is 0 Å². The van der Waals surface area contributed by atoms with E-state index in [9.17, 15) is 4.79 Å². The largest absolute Gasteiger partial charge is 0.422 e. The predicted octanol–water partition coefficient (Wildman–Crippen LogP) is 3.26. The molecule has 17 heavy (non-hydrogen) atoms. The Morgan fingerprint density at radius 2 is 1.59 bits per heavy atom. The van der Waals surface area contributed by atoms with E-state index in [0.29, 0.717) is 5.58 Å². The molecule has 0 spiro atoms. The molecule has 0 aliphatic carbocycles. The van der Waals surface area contributed by atoms with Gasteiger partial charge in [0.25, 0.3) is 0 Å². The summed E-state index contributed by atoms with van der Waals surface area (Å²) in [4.78, 5) is 11.5. The van der Waals surface area contributed by atoms with Gasteiger partial charge in [-0.05, 0) is 11.6 Å². The molecule has 2 heteroatoms. The molecule has 0 aliphatic rings. The minimum absolute atomic E-state index is 0.442. The summed E-state index contributed by atoms with van der Waals surface area (Å²) < 4.78 is 5.11. The molecule has 0 atom stereocenters.